The van der Waals surface area contributed by atoms with E-state index in [1.54, 1.807) is 12.7 Å². The van der Waals surface area contributed by atoms with Crippen molar-refractivity contribution in [3.8, 4) is 22.6 Å². The maximum atomic E-state index is 13.6. The van der Waals surface area contributed by atoms with E-state index in [1.165, 1.54) is 11.4 Å². The Bertz CT molecular complexity index is 1270. The van der Waals surface area contributed by atoms with Crippen molar-refractivity contribution in [1.29, 1.82) is 0 Å². The van der Waals surface area contributed by atoms with E-state index in [0.29, 0.717) is 38.4 Å². The summed E-state index contributed by atoms with van der Waals surface area (Å²) in [4.78, 5) is 13.1. The number of aryl methyl sites for hydroxylation is 1. The number of primary amides is 1. The molecular formula is C28H32NO5PS. The number of rotatable bonds is 9. The van der Waals surface area contributed by atoms with Crippen LogP contribution < -0.4 is 10.5 Å². The fourth-order valence-electron chi connectivity index (χ4n) is 4.48. The lowest BCUT2D eigenvalue weighted by molar-refractivity contribution is -0.122. The third-order valence-corrected chi connectivity index (χ3v) is 12.6. The van der Waals surface area contributed by atoms with Crippen LogP contribution >= 0.6 is 17.7 Å². The molecule has 3 aromatic carbocycles. The highest BCUT2D eigenvalue weighted by atomic mass is 32.7. The molecule has 1 aliphatic heterocycles. The van der Waals surface area contributed by atoms with Gasteiger partial charge in [0.25, 0.3) is 0 Å². The summed E-state index contributed by atoms with van der Waals surface area (Å²) < 4.78 is 25.0. The average Bonchev–Trinajstić information content (AvgIpc) is 2.87. The molecule has 1 unspecified atom stereocenters. The first-order valence-corrected chi connectivity index (χ1v) is 15.5. The largest absolute Gasteiger partial charge is 0.508 e. The third-order valence-electron chi connectivity index (χ3n) is 6.78. The fraction of sp³-hybridized carbons (Fsp3) is 0.321. The highest BCUT2D eigenvalue weighted by Crippen LogP contribution is 2.70. The van der Waals surface area contributed by atoms with E-state index < -0.39 is 17.4 Å². The van der Waals surface area contributed by atoms with Crippen LogP contribution in [0.5, 0.6) is 11.5 Å². The number of hydrogen-bond acceptors (Lipinski definition) is 6. The number of amides is 1. The van der Waals surface area contributed by atoms with Crippen LogP contribution in [0.25, 0.3) is 11.1 Å². The molecule has 1 amide bonds. The van der Waals surface area contributed by atoms with Gasteiger partial charge in [0, 0.05) is 24.5 Å². The monoisotopic (exact) mass is 525 g/mol. The van der Waals surface area contributed by atoms with Gasteiger partial charge in [0.2, 0.25) is 5.91 Å². The number of nitrogens with two attached hydrogens (primary N) is 1. The first-order chi connectivity index (χ1) is 17.2. The Balaban J connectivity index is 1.35. The van der Waals surface area contributed by atoms with Gasteiger partial charge in [-0.05, 0) is 85.1 Å². The van der Waals surface area contributed by atoms with Crippen molar-refractivity contribution in [2.75, 3.05) is 26.5 Å². The van der Waals surface area contributed by atoms with Crippen molar-refractivity contribution in [3.05, 3.63) is 77.9 Å². The fourth-order valence-corrected chi connectivity index (χ4v) is 9.62. The highest BCUT2D eigenvalue weighted by molar-refractivity contribution is 8.58. The second kappa shape index (κ2) is 11.1. The Morgan fingerprint density at radius 2 is 1.78 bits per heavy atom. The SMILES string of the molecule is Cc1cc(-c2cccc(CCOc3ccc(SP(C)(=O)C4(C(N)=O)CCOCC4)cc3)c2)ccc1O. The van der Waals surface area contributed by atoms with Crippen molar-refractivity contribution in [2.24, 2.45) is 5.73 Å². The molecule has 0 saturated carbocycles. The Kier molecular flexibility index (Phi) is 8.13. The van der Waals surface area contributed by atoms with Crippen LogP contribution in [0.2, 0.25) is 0 Å². The van der Waals surface area contributed by atoms with Gasteiger partial charge in [-0.2, -0.15) is 0 Å². The van der Waals surface area contributed by atoms with E-state index in [-0.39, 0.29) is 0 Å². The number of carbonyl (C=O) groups excluding carboxylic acids is 1. The van der Waals surface area contributed by atoms with Crippen LogP contribution in [-0.2, 0) is 20.5 Å². The Hall–Kier alpha value is -2.73. The van der Waals surface area contributed by atoms with E-state index in [4.69, 9.17) is 15.2 Å². The van der Waals surface area contributed by atoms with Crippen molar-refractivity contribution < 1.29 is 23.9 Å². The Morgan fingerprint density at radius 1 is 1.08 bits per heavy atom. The molecule has 1 aliphatic rings. The van der Waals surface area contributed by atoms with Crippen LogP contribution in [0.1, 0.15) is 24.0 Å². The van der Waals surface area contributed by atoms with Gasteiger partial charge in [-0.15, -0.1) is 0 Å². The molecule has 36 heavy (non-hydrogen) atoms. The van der Waals surface area contributed by atoms with Gasteiger partial charge in [-0.25, -0.2) is 0 Å². The minimum atomic E-state index is -2.98. The van der Waals surface area contributed by atoms with E-state index in [0.717, 1.165) is 39.3 Å². The summed E-state index contributed by atoms with van der Waals surface area (Å²) in [5.41, 5.74) is 9.88. The molecule has 8 heteroatoms. The zero-order valence-corrected chi connectivity index (χ0v) is 22.3. The van der Waals surface area contributed by atoms with Crippen molar-refractivity contribution in [1.82, 2.24) is 0 Å². The third kappa shape index (κ3) is 5.80. The smallest absolute Gasteiger partial charge is 0.232 e. The maximum absolute atomic E-state index is 13.6. The van der Waals surface area contributed by atoms with Crippen LogP contribution in [0.15, 0.2) is 71.6 Å². The summed E-state index contributed by atoms with van der Waals surface area (Å²) in [7, 11) is 0. The Labute approximate surface area is 216 Å². The summed E-state index contributed by atoms with van der Waals surface area (Å²) >= 11 is 1.24. The topological polar surface area (TPSA) is 98.9 Å². The summed E-state index contributed by atoms with van der Waals surface area (Å²) in [6, 6.07) is 21.4. The zero-order chi connectivity index (χ0) is 25.8. The number of phenols is 1. The molecule has 1 saturated heterocycles. The summed E-state index contributed by atoms with van der Waals surface area (Å²) in [6.45, 7) is 4.85. The molecule has 0 radical (unpaired) electrons. The van der Waals surface area contributed by atoms with Gasteiger partial charge in [0.05, 0.1) is 6.61 Å². The molecule has 1 heterocycles. The van der Waals surface area contributed by atoms with E-state index in [2.05, 4.69) is 18.2 Å². The molecule has 6 nitrogen and oxygen atoms in total. The van der Waals surface area contributed by atoms with Crippen LogP contribution in [0.3, 0.4) is 0 Å². The molecule has 0 bridgehead atoms. The highest BCUT2D eigenvalue weighted by Gasteiger charge is 2.51. The van der Waals surface area contributed by atoms with Gasteiger partial charge in [0.1, 0.15) is 16.7 Å². The number of hydrogen-bond donors (Lipinski definition) is 2. The van der Waals surface area contributed by atoms with Crippen molar-refractivity contribution in [3.63, 3.8) is 0 Å². The second-order valence-electron chi connectivity index (χ2n) is 9.22. The number of phenolic OH excluding ortho intramolecular Hbond substituents is 1. The Morgan fingerprint density at radius 3 is 2.44 bits per heavy atom. The number of ether oxygens (including phenoxy) is 2. The second-order valence-corrected chi connectivity index (χ2v) is 15.1. The van der Waals surface area contributed by atoms with E-state index in [1.807, 2.05) is 49.4 Å². The summed E-state index contributed by atoms with van der Waals surface area (Å²) in [5.74, 6) is 0.519. The molecule has 190 valence electrons. The molecule has 4 rings (SSSR count). The molecule has 1 fully saturated rings. The number of benzene rings is 3. The molecule has 3 aromatic rings. The maximum Gasteiger partial charge on any atom is 0.232 e. The van der Waals surface area contributed by atoms with Gasteiger partial charge in [-0.1, -0.05) is 41.7 Å². The average molecular weight is 526 g/mol. The summed E-state index contributed by atoms with van der Waals surface area (Å²) in [5, 5.41) is 8.75. The van der Waals surface area contributed by atoms with Crippen LogP contribution in [0, 0.1) is 6.92 Å². The lowest BCUT2D eigenvalue weighted by Gasteiger charge is -2.38. The normalized spacial score (nSPS) is 16.7. The molecule has 0 aromatic heterocycles. The van der Waals surface area contributed by atoms with Gasteiger partial charge < -0.3 is 24.9 Å². The lowest BCUT2D eigenvalue weighted by Crippen LogP contribution is -2.47. The lowest BCUT2D eigenvalue weighted by atomic mass is 9.98. The van der Waals surface area contributed by atoms with Gasteiger partial charge in [-0.3, -0.25) is 4.79 Å². The minimum absolute atomic E-state index is 0.297. The number of carbonyl (C=O) groups is 1. The quantitative estimate of drug-likeness (QED) is 0.331. The standard InChI is InChI=1S/C28H32NO5PS/c1-20-18-23(6-11-26(20)30)22-5-3-4-21(19-22)12-15-34-24-7-9-25(10-8-24)36-35(2,32)28(27(29)31)13-16-33-17-14-28/h3-11,18-19,30H,12-17H2,1-2H3,(H2,29,31). The molecular weight excluding hydrogens is 493 g/mol. The van der Waals surface area contributed by atoms with E-state index in [9.17, 15) is 14.5 Å². The molecule has 0 aliphatic carbocycles. The van der Waals surface area contributed by atoms with Crippen LogP contribution in [0.4, 0.5) is 0 Å². The van der Waals surface area contributed by atoms with Crippen LogP contribution in [-0.4, -0.2) is 42.7 Å². The van der Waals surface area contributed by atoms with Gasteiger partial charge >= 0.3 is 0 Å². The zero-order valence-electron chi connectivity index (χ0n) is 20.6. The molecule has 1 atom stereocenters. The first kappa shape index (κ1) is 26.3. The van der Waals surface area contributed by atoms with Crippen molar-refractivity contribution in [2.45, 2.75) is 36.2 Å². The molecule has 3 N–H and O–H groups in total. The first-order valence-electron chi connectivity index (χ1n) is 12.0. The minimum Gasteiger partial charge on any atom is -0.508 e. The predicted molar refractivity (Wildman–Crippen MR) is 145 cm³/mol. The van der Waals surface area contributed by atoms with Crippen molar-refractivity contribution >= 4 is 23.6 Å². The van der Waals surface area contributed by atoms with Gasteiger partial charge in [0.15, 0.2) is 6.34 Å². The molecule has 0 spiro atoms. The summed E-state index contributed by atoms with van der Waals surface area (Å²) in [6.07, 6.45) is -1.46. The van der Waals surface area contributed by atoms with E-state index >= 15 is 0 Å². The number of aromatic hydroxyl groups is 1. The predicted octanol–water partition coefficient (Wildman–Crippen LogP) is 6.02.